The fourth-order valence-corrected chi connectivity index (χ4v) is 8.96. The molecule has 0 unspecified atom stereocenters. The molecule has 3 rings (SSSR count). The smallest absolute Gasteiger partial charge is 0.215 e. The predicted molar refractivity (Wildman–Crippen MR) is 257 cm³/mol. The van der Waals surface area contributed by atoms with Crippen LogP contribution < -0.4 is 0 Å². The van der Waals surface area contributed by atoms with Gasteiger partial charge in [0.15, 0.2) is 0 Å². The van der Waals surface area contributed by atoms with Crippen molar-refractivity contribution in [2.45, 2.75) is 246 Å². The van der Waals surface area contributed by atoms with Crippen LogP contribution >= 0.6 is 0 Å². The molecule has 0 fully saturated rings. The SMILES string of the molecule is CCCCCCCCCCCCCCCCCCCCCCCCCC=CC1=C(c2ccc(CC)cc2)[N+](=[N-])C(c2cccc(CCCCCC)c2)=C1CCCCC.[Ni]. The first-order valence-corrected chi connectivity index (χ1v) is 25.5. The minimum atomic E-state index is 0. The van der Waals surface area contributed by atoms with Crippen molar-refractivity contribution in [1.82, 2.24) is 0 Å². The predicted octanol–water partition coefficient (Wildman–Crippen LogP) is 19.1. The molecule has 1 aliphatic rings. The molecule has 0 amide bonds. The van der Waals surface area contributed by atoms with Gasteiger partial charge in [0.05, 0.1) is 5.57 Å². The molecule has 0 N–H and O–H groups in total. The molecule has 0 aliphatic carbocycles. The average Bonchev–Trinajstić information content (AvgIpc) is 3.52. The maximum absolute atomic E-state index is 12.1. The summed E-state index contributed by atoms with van der Waals surface area (Å²) in [5, 5.41) is 0. The van der Waals surface area contributed by atoms with Crippen molar-refractivity contribution in [2.75, 3.05) is 0 Å². The van der Waals surface area contributed by atoms with Gasteiger partial charge in [-0.25, -0.2) is 4.70 Å². The molecule has 0 bridgehead atoms. The number of unbranched alkanes of at least 4 members (excludes halogenated alkanes) is 28. The quantitative estimate of drug-likeness (QED) is 0.0368. The number of nitrogens with zero attached hydrogens (tertiary/aromatic N) is 2. The van der Waals surface area contributed by atoms with Gasteiger partial charge in [0.1, 0.15) is 0 Å². The summed E-state index contributed by atoms with van der Waals surface area (Å²) >= 11 is 0. The van der Waals surface area contributed by atoms with Gasteiger partial charge in [-0.3, -0.25) is 0 Å². The van der Waals surface area contributed by atoms with Crippen LogP contribution in [0.1, 0.15) is 255 Å². The molecule has 334 valence electrons. The largest absolute Gasteiger partial charge is 0.493 e. The molecule has 1 aliphatic heterocycles. The van der Waals surface area contributed by atoms with E-state index in [1.165, 1.54) is 213 Å². The molecule has 2 aromatic carbocycles. The zero-order valence-corrected chi connectivity index (χ0v) is 40.0. The number of rotatable bonds is 37. The molecule has 2 nitrogen and oxygen atoms in total. The number of allylic oxidation sites excluding steroid dienone is 4. The van der Waals surface area contributed by atoms with E-state index in [2.05, 4.69) is 88.4 Å². The van der Waals surface area contributed by atoms with Crippen LogP contribution in [0.3, 0.4) is 0 Å². The van der Waals surface area contributed by atoms with Gasteiger partial charge in [0.2, 0.25) is 11.4 Å². The maximum Gasteiger partial charge on any atom is 0.215 e. The maximum atomic E-state index is 12.1. The van der Waals surface area contributed by atoms with Crippen LogP contribution in [0.2, 0.25) is 0 Å². The molecule has 0 saturated heterocycles. The van der Waals surface area contributed by atoms with E-state index in [1.54, 1.807) is 0 Å². The van der Waals surface area contributed by atoms with E-state index >= 15 is 0 Å². The van der Waals surface area contributed by atoms with E-state index in [1.807, 2.05) is 0 Å². The molecule has 0 saturated carbocycles. The standard InChI is InChI=1S/C56H90N2.Ni/c1-5-9-12-14-15-16-17-18-19-20-21-22-23-24-25-26-27-28-29-30-31-32-33-34-37-43-53-54(42-35-11-7-3)56(52-41-38-40-50(48-52)39-36-13-10-6-2)58(57)55(53)51-46-44-49(8-4)45-47-51;/h37-38,40-41,43-48H,5-36,39,42H2,1-4H3;. The van der Waals surface area contributed by atoms with Crippen molar-refractivity contribution in [3.63, 3.8) is 0 Å². The van der Waals surface area contributed by atoms with Gasteiger partial charge in [-0.1, -0.05) is 237 Å². The van der Waals surface area contributed by atoms with E-state index in [0.29, 0.717) is 0 Å². The summed E-state index contributed by atoms with van der Waals surface area (Å²) in [6.45, 7) is 9.07. The summed E-state index contributed by atoms with van der Waals surface area (Å²) in [5.41, 5.74) is 21.5. The van der Waals surface area contributed by atoms with Crippen LogP contribution in [0.4, 0.5) is 0 Å². The van der Waals surface area contributed by atoms with Crippen molar-refractivity contribution in [1.29, 1.82) is 0 Å². The van der Waals surface area contributed by atoms with Gasteiger partial charge in [-0.05, 0) is 80.3 Å². The summed E-state index contributed by atoms with van der Waals surface area (Å²) < 4.78 is 1.54. The zero-order chi connectivity index (χ0) is 41.3. The molecule has 0 aromatic heterocycles. The van der Waals surface area contributed by atoms with Crippen LogP contribution in [-0.2, 0) is 29.3 Å². The van der Waals surface area contributed by atoms with Crippen molar-refractivity contribution >= 4 is 11.4 Å². The van der Waals surface area contributed by atoms with Crippen LogP contribution in [0, 0.1) is 0 Å². The van der Waals surface area contributed by atoms with Gasteiger partial charge >= 0.3 is 0 Å². The number of aryl methyl sites for hydroxylation is 2. The third kappa shape index (κ3) is 21.9. The minimum Gasteiger partial charge on any atom is -0.493 e. The molecule has 2 aromatic rings. The average molecular weight is 850 g/mol. The third-order valence-electron chi connectivity index (χ3n) is 12.7. The summed E-state index contributed by atoms with van der Waals surface area (Å²) in [4.78, 5) is 0. The molecule has 0 atom stereocenters. The Hall–Kier alpha value is -2.25. The van der Waals surface area contributed by atoms with Crippen molar-refractivity contribution in [3.05, 3.63) is 99.6 Å². The Bertz CT molecular complexity index is 1450. The van der Waals surface area contributed by atoms with Gasteiger partial charge in [-0.2, -0.15) is 0 Å². The normalized spacial score (nSPS) is 13.1. The number of hydrogen-bond donors (Lipinski definition) is 0. The Morgan fingerprint density at radius 1 is 0.441 bits per heavy atom. The van der Waals surface area contributed by atoms with Gasteiger partial charge in [0, 0.05) is 33.2 Å². The summed E-state index contributed by atoms with van der Waals surface area (Å²) in [6, 6.07) is 17.9. The molecule has 3 heteroatoms. The van der Waals surface area contributed by atoms with Crippen LogP contribution in [0.5, 0.6) is 0 Å². The second kappa shape index (κ2) is 35.4. The Kier molecular flexibility index (Phi) is 31.7. The Labute approximate surface area is 376 Å². The third-order valence-corrected chi connectivity index (χ3v) is 12.7. The molecular weight excluding hydrogens is 759 g/mol. The van der Waals surface area contributed by atoms with Crippen molar-refractivity contribution in [2.24, 2.45) is 0 Å². The molecular formula is C56H90N2Ni. The Balaban J connectivity index is 0.0000120. The van der Waals surface area contributed by atoms with Gasteiger partial charge in [0.25, 0.3) is 0 Å². The Morgan fingerprint density at radius 3 is 1.37 bits per heavy atom. The fourth-order valence-electron chi connectivity index (χ4n) is 8.96. The first-order valence-electron chi connectivity index (χ1n) is 25.5. The van der Waals surface area contributed by atoms with Crippen LogP contribution in [0.15, 0.2) is 71.8 Å². The van der Waals surface area contributed by atoms with Gasteiger partial charge in [-0.15, -0.1) is 0 Å². The fraction of sp³-hybridized carbons (Fsp3) is 0.679. The topological polar surface area (TPSA) is 25.3 Å². The van der Waals surface area contributed by atoms with E-state index in [0.717, 1.165) is 54.6 Å². The molecule has 0 spiro atoms. The number of benzene rings is 2. The van der Waals surface area contributed by atoms with Crippen molar-refractivity contribution in [3.8, 4) is 0 Å². The summed E-state index contributed by atoms with van der Waals surface area (Å²) in [5.74, 6) is 0. The minimum absolute atomic E-state index is 0. The molecule has 59 heavy (non-hydrogen) atoms. The van der Waals surface area contributed by atoms with Crippen LogP contribution in [0.25, 0.3) is 16.9 Å². The van der Waals surface area contributed by atoms with Crippen molar-refractivity contribution < 1.29 is 21.2 Å². The van der Waals surface area contributed by atoms with E-state index in [4.69, 9.17) is 0 Å². The van der Waals surface area contributed by atoms with E-state index in [-0.39, 0.29) is 16.5 Å². The molecule has 1 heterocycles. The summed E-state index contributed by atoms with van der Waals surface area (Å²) in [7, 11) is 0. The molecule has 0 radical (unpaired) electrons. The number of hydrogen-bond acceptors (Lipinski definition) is 0. The monoisotopic (exact) mass is 849 g/mol. The first kappa shape index (κ1) is 52.9. The van der Waals surface area contributed by atoms with Gasteiger partial charge < -0.3 is 5.53 Å². The second-order valence-corrected chi connectivity index (χ2v) is 17.9. The van der Waals surface area contributed by atoms with E-state index < -0.39 is 0 Å². The van der Waals surface area contributed by atoms with E-state index in [9.17, 15) is 5.53 Å². The van der Waals surface area contributed by atoms with Crippen LogP contribution in [-0.4, -0.2) is 4.70 Å². The zero-order valence-electron chi connectivity index (χ0n) is 39.0. The Morgan fingerprint density at radius 2 is 0.881 bits per heavy atom. The first-order chi connectivity index (χ1) is 28.6. The second-order valence-electron chi connectivity index (χ2n) is 17.9. The summed E-state index contributed by atoms with van der Waals surface area (Å²) in [6.07, 6.45) is 50.4.